The second-order valence-corrected chi connectivity index (χ2v) is 9.32. The largest absolute Gasteiger partial charge is 0.351 e. The van der Waals surface area contributed by atoms with E-state index < -0.39 is 0 Å². The van der Waals surface area contributed by atoms with Gasteiger partial charge in [-0.25, -0.2) is 4.39 Å². The standard InChI is InChI=1S/C24H18ClFN4OS2/c1-14-20(23-28-22(29-31-23)19-3-2-12-33-19)21(16-6-8-17(25)9-7-16)27-24(32)30(14)13-15-4-10-18(26)11-5-15/h2-12,21H,13H2,1H3,(H,27,32). The van der Waals surface area contributed by atoms with E-state index in [0.717, 1.165) is 27.3 Å². The molecule has 1 N–H and O–H groups in total. The first kappa shape index (κ1) is 21.8. The molecule has 0 saturated heterocycles. The molecular weight excluding hydrogens is 479 g/mol. The summed E-state index contributed by atoms with van der Waals surface area (Å²) in [5, 5.41) is 10.8. The van der Waals surface area contributed by atoms with Crippen molar-refractivity contribution in [3.63, 3.8) is 0 Å². The Bertz CT molecular complexity index is 1320. The first-order valence-corrected chi connectivity index (χ1v) is 11.8. The summed E-state index contributed by atoms with van der Waals surface area (Å²) in [6.07, 6.45) is 0. The highest BCUT2D eigenvalue weighted by atomic mass is 35.5. The third-order valence-electron chi connectivity index (χ3n) is 5.45. The number of nitrogens with zero attached hydrogens (tertiary/aromatic N) is 3. The van der Waals surface area contributed by atoms with Gasteiger partial charge in [-0.2, -0.15) is 4.98 Å². The molecule has 0 radical (unpaired) electrons. The minimum atomic E-state index is -0.295. The van der Waals surface area contributed by atoms with E-state index >= 15 is 0 Å². The lowest BCUT2D eigenvalue weighted by Gasteiger charge is -2.37. The molecular formula is C24H18ClFN4OS2. The summed E-state index contributed by atoms with van der Waals surface area (Å²) in [6.45, 7) is 2.45. The second-order valence-electron chi connectivity index (χ2n) is 7.55. The molecule has 2 aromatic heterocycles. The first-order valence-electron chi connectivity index (χ1n) is 10.2. The minimum Gasteiger partial charge on any atom is -0.351 e. The minimum absolute atomic E-state index is 0.277. The number of thiophene rings is 1. The fourth-order valence-corrected chi connectivity index (χ4v) is 4.86. The molecule has 1 atom stereocenters. The number of thiocarbonyl (C=S) groups is 1. The zero-order valence-electron chi connectivity index (χ0n) is 17.5. The van der Waals surface area contributed by atoms with Gasteiger partial charge in [-0.05, 0) is 66.0 Å². The highest BCUT2D eigenvalue weighted by Gasteiger charge is 2.34. The number of nitrogens with one attached hydrogen (secondary N) is 1. The third-order valence-corrected chi connectivity index (χ3v) is 6.91. The summed E-state index contributed by atoms with van der Waals surface area (Å²) in [7, 11) is 0. The SMILES string of the molecule is CC1=C(c2nc(-c3cccs3)no2)C(c2ccc(Cl)cc2)NC(=S)N1Cc1ccc(F)cc1. The monoisotopic (exact) mass is 496 g/mol. The van der Waals surface area contributed by atoms with Gasteiger partial charge < -0.3 is 14.7 Å². The predicted molar refractivity (Wildman–Crippen MR) is 132 cm³/mol. The van der Waals surface area contributed by atoms with Gasteiger partial charge in [-0.1, -0.05) is 47.1 Å². The van der Waals surface area contributed by atoms with Gasteiger partial charge in [0.1, 0.15) is 5.82 Å². The Hall–Kier alpha value is -3.07. The van der Waals surface area contributed by atoms with Crippen molar-refractivity contribution < 1.29 is 8.91 Å². The van der Waals surface area contributed by atoms with Crippen LogP contribution in [0.2, 0.25) is 5.02 Å². The van der Waals surface area contributed by atoms with Crippen LogP contribution in [0.25, 0.3) is 16.3 Å². The molecule has 9 heteroatoms. The molecule has 33 heavy (non-hydrogen) atoms. The highest BCUT2D eigenvalue weighted by Crippen LogP contribution is 2.38. The van der Waals surface area contributed by atoms with Gasteiger partial charge in [0.15, 0.2) is 5.11 Å². The fourth-order valence-electron chi connectivity index (χ4n) is 3.77. The number of allylic oxidation sites excluding steroid dienone is 1. The Morgan fingerprint density at radius 1 is 1.15 bits per heavy atom. The van der Waals surface area contributed by atoms with Crippen LogP contribution in [0.15, 0.2) is 76.3 Å². The average molecular weight is 497 g/mol. The maximum Gasteiger partial charge on any atom is 0.258 e. The van der Waals surface area contributed by atoms with Crippen LogP contribution in [-0.4, -0.2) is 20.2 Å². The van der Waals surface area contributed by atoms with Gasteiger partial charge >= 0.3 is 0 Å². The van der Waals surface area contributed by atoms with Crippen LogP contribution in [0, 0.1) is 5.82 Å². The van der Waals surface area contributed by atoms with Gasteiger partial charge in [0.2, 0.25) is 5.82 Å². The molecule has 1 unspecified atom stereocenters. The zero-order chi connectivity index (χ0) is 22.9. The molecule has 0 aliphatic carbocycles. The van der Waals surface area contributed by atoms with E-state index in [1.165, 1.54) is 12.1 Å². The molecule has 2 aromatic carbocycles. The summed E-state index contributed by atoms with van der Waals surface area (Å²) in [4.78, 5) is 7.57. The van der Waals surface area contributed by atoms with Crippen LogP contribution in [0.4, 0.5) is 4.39 Å². The topological polar surface area (TPSA) is 54.2 Å². The molecule has 4 aromatic rings. The molecule has 166 valence electrons. The van der Waals surface area contributed by atoms with Crippen LogP contribution in [0.3, 0.4) is 0 Å². The van der Waals surface area contributed by atoms with Crippen molar-refractivity contribution in [3.8, 4) is 10.7 Å². The molecule has 1 aliphatic rings. The van der Waals surface area contributed by atoms with Crippen molar-refractivity contribution in [1.82, 2.24) is 20.4 Å². The number of aromatic nitrogens is 2. The number of rotatable bonds is 5. The van der Waals surface area contributed by atoms with Gasteiger partial charge in [0.05, 0.1) is 16.5 Å². The number of hydrogen-bond acceptors (Lipinski definition) is 5. The predicted octanol–water partition coefficient (Wildman–Crippen LogP) is 6.45. The molecule has 0 saturated carbocycles. The quantitative estimate of drug-likeness (QED) is 0.320. The third kappa shape index (κ3) is 4.42. The number of halogens is 2. The van der Waals surface area contributed by atoms with E-state index in [0.29, 0.717) is 28.4 Å². The van der Waals surface area contributed by atoms with E-state index in [-0.39, 0.29) is 11.9 Å². The molecule has 5 nitrogen and oxygen atoms in total. The van der Waals surface area contributed by atoms with Gasteiger partial charge in [0.25, 0.3) is 5.89 Å². The molecule has 0 amide bonds. The highest BCUT2D eigenvalue weighted by molar-refractivity contribution is 7.80. The second kappa shape index (κ2) is 9.05. The van der Waals surface area contributed by atoms with E-state index in [9.17, 15) is 4.39 Å². The Morgan fingerprint density at radius 3 is 2.61 bits per heavy atom. The molecule has 3 heterocycles. The van der Waals surface area contributed by atoms with E-state index in [4.69, 9.17) is 28.3 Å². The van der Waals surface area contributed by atoms with Crippen molar-refractivity contribution in [2.75, 3.05) is 0 Å². The maximum atomic E-state index is 13.4. The Balaban J connectivity index is 1.59. The Labute approximate surface area is 204 Å². The summed E-state index contributed by atoms with van der Waals surface area (Å²) >= 11 is 13.4. The lowest BCUT2D eigenvalue weighted by molar-refractivity contribution is 0.396. The lowest BCUT2D eigenvalue weighted by atomic mass is 9.94. The lowest BCUT2D eigenvalue weighted by Crippen LogP contribution is -2.45. The summed E-state index contributed by atoms with van der Waals surface area (Å²) in [5.41, 5.74) is 3.59. The van der Waals surface area contributed by atoms with Crippen molar-refractivity contribution in [2.24, 2.45) is 0 Å². The van der Waals surface area contributed by atoms with E-state index in [2.05, 4.69) is 15.5 Å². The molecule has 0 fully saturated rings. The van der Waals surface area contributed by atoms with E-state index in [1.54, 1.807) is 23.5 Å². The molecule has 5 rings (SSSR count). The average Bonchev–Trinajstić information content (AvgIpc) is 3.50. The van der Waals surface area contributed by atoms with Crippen LogP contribution < -0.4 is 5.32 Å². The fraction of sp³-hybridized carbons (Fsp3) is 0.125. The van der Waals surface area contributed by atoms with Crippen LogP contribution in [-0.2, 0) is 6.54 Å². The molecule has 0 spiro atoms. The number of hydrogen-bond donors (Lipinski definition) is 1. The molecule has 0 bridgehead atoms. The number of benzene rings is 2. The van der Waals surface area contributed by atoms with E-state index in [1.807, 2.05) is 53.6 Å². The van der Waals surface area contributed by atoms with Crippen molar-refractivity contribution >= 4 is 45.8 Å². The summed E-state index contributed by atoms with van der Waals surface area (Å²) in [5.74, 6) is 0.671. The Kier molecular flexibility index (Phi) is 5.97. The van der Waals surface area contributed by atoms with Gasteiger partial charge in [-0.15, -0.1) is 11.3 Å². The first-order chi connectivity index (χ1) is 16.0. The smallest absolute Gasteiger partial charge is 0.258 e. The molecule has 1 aliphatic heterocycles. The van der Waals surface area contributed by atoms with Crippen molar-refractivity contribution in [1.29, 1.82) is 0 Å². The van der Waals surface area contributed by atoms with Crippen LogP contribution in [0.5, 0.6) is 0 Å². The van der Waals surface area contributed by atoms with Gasteiger partial charge in [-0.3, -0.25) is 0 Å². The maximum absolute atomic E-state index is 13.4. The summed E-state index contributed by atoms with van der Waals surface area (Å²) < 4.78 is 19.1. The van der Waals surface area contributed by atoms with Crippen molar-refractivity contribution in [3.05, 3.63) is 99.6 Å². The normalized spacial score (nSPS) is 16.3. The van der Waals surface area contributed by atoms with Crippen molar-refractivity contribution in [2.45, 2.75) is 19.5 Å². The summed E-state index contributed by atoms with van der Waals surface area (Å²) in [6, 6.07) is 17.5. The zero-order valence-corrected chi connectivity index (χ0v) is 19.8. The van der Waals surface area contributed by atoms with Crippen LogP contribution >= 0.6 is 35.2 Å². The van der Waals surface area contributed by atoms with Crippen LogP contribution in [0.1, 0.15) is 30.0 Å². The van der Waals surface area contributed by atoms with Gasteiger partial charge in [0, 0.05) is 17.3 Å². The Morgan fingerprint density at radius 2 is 1.91 bits per heavy atom.